The van der Waals surface area contributed by atoms with Crippen molar-refractivity contribution in [2.75, 3.05) is 18.5 Å². The second kappa shape index (κ2) is 5.26. The second-order valence-electron chi connectivity index (χ2n) is 6.12. The van der Waals surface area contributed by atoms with Gasteiger partial charge in [-0.25, -0.2) is 4.98 Å². The molecular formula is C18H15ClN4O. The van der Waals surface area contributed by atoms with Crippen molar-refractivity contribution >= 4 is 45.2 Å². The maximum atomic E-state index is 6.32. The molecule has 0 unspecified atom stereocenters. The molecule has 3 N–H and O–H groups in total. The number of hydrogen-bond acceptors (Lipinski definition) is 3. The number of hydrogen-bond donors (Lipinski definition) is 3. The van der Waals surface area contributed by atoms with Crippen molar-refractivity contribution in [3.63, 3.8) is 0 Å². The van der Waals surface area contributed by atoms with E-state index in [2.05, 4.69) is 38.5 Å². The van der Waals surface area contributed by atoms with E-state index in [0.717, 1.165) is 40.8 Å². The van der Waals surface area contributed by atoms with Crippen LogP contribution >= 0.6 is 11.6 Å². The summed E-state index contributed by atoms with van der Waals surface area (Å²) in [5, 5.41) is 5.02. The van der Waals surface area contributed by atoms with E-state index in [1.165, 1.54) is 5.56 Å². The maximum Gasteiger partial charge on any atom is 0.205 e. The number of ether oxygens (including phenoxy) is 1. The Morgan fingerprint density at radius 1 is 1.12 bits per heavy atom. The van der Waals surface area contributed by atoms with E-state index < -0.39 is 0 Å². The first kappa shape index (κ1) is 13.9. The van der Waals surface area contributed by atoms with Crippen LogP contribution in [0.2, 0.25) is 5.02 Å². The number of aromatic amines is 2. The van der Waals surface area contributed by atoms with E-state index >= 15 is 0 Å². The number of benzene rings is 2. The van der Waals surface area contributed by atoms with Crippen LogP contribution in [0.3, 0.4) is 0 Å². The lowest BCUT2D eigenvalue weighted by Crippen LogP contribution is -2.24. The minimum absolute atomic E-state index is 0.497. The zero-order valence-corrected chi connectivity index (χ0v) is 13.5. The molecule has 120 valence electrons. The lowest BCUT2D eigenvalue weighted by molar-refractivity contribution is 0.00847. The molecule has 1 aliphatic rings. The minimum Gasteiger partial charge on any atom is -0.380 e. The smallest absolute Gasteiger partial charge is 0.205 e. The van der Waals surface area contributed by atoms with Gasteiger partial charge in [0.05, 0.1) is 29.3 Å². The van der Waals surface area contributed by atoms with Crippen LogP contribution in [0.15, 0.2) is 42.6 Å². The van der Waals surface area contributed by atoms with E-state index in [9.17, 15) is 0 Å². The third-order valence-corrected chi connectivity index (χ3v) is 4.81. The van der Waals surface area contributed by atoms with Gasteiger partial charge in [-0.2, -0.15) is 0 Å². The molecule has 0 bridgehead atoms. The predicted octanol–water partition coefficient (Wildman–Crippen LogP) is 4.56. The van der Waals surface area contributed by atoms with Gasteiger partial charge >= 0.3 is 0 Å². The lowest BCUT2D eigenvalue weighted by Gasteiger charge is -2.26. The summed E-state index contributed by atoms with van der Waals surface area (Å²) in [6.07, 6.45) is 1.88. The molecule has 3 heterocycles. The third-order valence-electron chi connectivity index (χ3n) is 4.50. The number of nitrogens with one attached hydrogen (secondary N) is 3. The fourth-order valence-corrected chi connectivity index (χ4v) is 3.38. The number of anilines is 2. The molecule has 0 amide bonds. The third kappa shape index (κ3) is 2.25. The molecule has 1 saturated heterocycles. The van der Waals surface area contributed by atoms with E-state index in [1.807, 2.05) is 24.4 Å². The minimum atomic E-state index is 0.497. The maximum absolute atomic E-state index is 6.32. The van der Waals surface area contributed by atoms with Gasteiger partial charge in [-0.1, -0.05) is 17.7 Å². The summed E-state index contributed by atoms with van der Waals surface area (Å²) in [6.45, 7) is 1.60. The molecule has 2 aromatic heterocycles. The van der Waals surface area contributed by atoms with Crippen molar-refractivity contribution in [1.82, 2.24) is 15.0 Å². The van der Waals surface area contributed by atoms with Crippen LogP contribution in [0.1, 0.15) is 11.5 Å². The fraction of sp³-hybridized carbons (Fsp3) is 0.167. The topological polar surface area (TPSA) is 65.7 Å². The van der Waals surface area contributed by atoms with Crippen molar-refractivity contribution in [1.29, 1.82) is 0 Å². The van der Waals surface area contributed by atoms with Crippen LogP contribution in [-0.4, -0.2) is 28.2 Å². The van der Waals surface area contributed by atoms with Crippen LogP contribution in [0, 0.1) is 0 Å². The number of fused-ring (bicyclic) bond motifs is 2. The Labute approximate surface area is 143 Å². The summed E-state index contributed by atoms with van der Waals surface area (Å²) in [5.41, 5.74) is 5.13. The van der Waals surface area contributed by atoms with E-state index in [1.54, 1.807) is 0 Å². The first-order chi connectivity index (χ1) is 11.8. The van der Waals surface area contributed by atoms with Crippen LogP contribution in [0.4, 0.5) is 11.6 Å². The lowest BCUT2D eigenvalue weighted by atomic mass is 9.97. The second-order valence-corrected chi connectivity index (χ2v) is 6.53. The fourth-order valence-electron chi connectivity index (χ4n) is 3.09. The van der Waals surface area contributed by atoms with Gasteiger partial charge in [0.1, 0.15) is 0 Å². The normalized spacial score (nSPS) is 15.0. The van der Waals surface area contributed by atoms with E-state index in [0.29, 0.717) is 16.9 Å². The van der Waals surface area contributed by atoms with E-state index in [4.69, 9.17) is 16.3 Å². The Hall–Kier alpha value is -2.50. The molecular weight excluding hydrogens is 324 g/mol. The predicted molar refractivity (Wildman–Crippen MR) is 96.2 cm³/mol. The quantitative estimate of drug-likeness (QED) is 0.513. The van der Waals surface area contributed by atoms with Gasteiger partial charge < -0.3 is 20.0 Å². The number of imidazole rings is 1. The monoisotopic (exact) mass is 338 g/mol. The Morgan fingerprint density at radius 3 is 2.88 bits per heavy atom. The van der Waals surface area contributed by atoms with Crippen molar-refractivity contribution in [3.8, 4) is 0 Å². The molecule has 5 nitrogen and oxygen atoms in total. The molecule has 1 fully saturated rings. The summed E-state index contributed by atoms with van der Waals surface area (Å²) in [7, 11) is 0. The van der Waals surface area contributed by atoms with Crippen molar-refractivity contribution in [3.05, 3.63) is 53.2 Å². The highest BCUT2D eigenvalue weighted by molar-refractivity contribution is 6.35. The molecule has 2 aromatic carbocycles. The summed E-state index contributed by atoms with van der Waals surface area (Å²) in [6, 6.07) is 12.2. The zero-order chi connectivity index (χ0) is 16.1. The average molecular weight is 339 g/mol. The number of H-pyrrole nitrogens is 2. The SMILES string of the molecule is Clc1cc(Nc2nc3cc(C4COC4)ccc3[nH]2)cc2[nH]ccc12. The molecule has 0 aliphatic carbocycles. The van der Waals surface area contributed by atoms with Gasteiger partial charge in [0, 0.05) is 28.7 Å². The number of halogens is 1. The average Bonchev–Trinajstić information content (AvgIpc) is 3.11. The molecule has 6 heteroatoms. The van der Waals surface area contributed by atoms with Crippen LogP contribution in [0.25, 0.3) is 21.9 Å². The largest absolute Gasteiger partial charge is 0.380 e. The molecule has 0 saturated carbocycles. The Kier molecular flexibility index (Phi) is 3.04. The van der Waals surface area contributed by atoms with Crippen LogP contribution in [-0.2, 0) is 4.74 Å². The van der Waals surface area contributed by atoms with Crippen molar-refractivity contribution in [2.45, 2.75) is 5.92 Å². The van der Waals surface area contributed by atoms with Crippen molar-refractivity contribution in [2.24, 2.45) is 0 Å². The van der Waals surface area contributed by atoms with Crippen molar-refractivity contribution < 1.29 is 4.74 Å². The molecule has 4 aromatic rings. The highest BCUT2D eigenvalue weighted by Gasteiger charge is 2.21. The molecule has 24 heavy (non-hydrogen) atoms. The Balaban J connectivity index is 1.49. The Morgan fingerprint density at radius 2 is 2.04 bits per heavy atom. The summed E-state index contributed by atoms with van der Waals surface area (Å²) in [5.74, 6) is 1.20. The number of rotatable bonds is 3. The first-order valence-electron chi connectivity index (χ1n) is 7.87. The number of nitrogens with zero attached hydrogens (tertiary/aromatic N) is 1. The van der Waals surface area contributed by atoms with Gasteiger partial charge in [0.15, 0.2) is 0 Å². The summed E-state index contributed by atoms with van der Waals surface area (Å²) >= 11 is 6.32. The van der Waals surface area contributed by atoms with Gasteiger partial charge in [-0.05, 0) is 35.9 Å². The summed E-state index contributed by atoms with van der Waals surface area (Å²) < 4.78 is 5.27. The van der Waals surface area contributed by atoms with Gasteiger partial charge in [0.2, 0.25) is 5.95 Å². The highest BCUT2D eigenvalue weighted by atomic mass is 35.5. The standard InChI is InChI=1S/C18H15ClN4O/c19-14-6-12(7-16-13(14)3-4-20-16)21-18-22-15-2-1-10(5-17(15)23-18)11-8-24-9-11/h1-7,11,20H,8-9H2,(H2,21,22,23). The number of aromatic nitrogens is 3. The van der Waals surface area contributed by atoms with Crippen LogP contribution in [0.5, 0.6) is 0 Å². The first-order valence-corrected chi connectivity index (χ1v) is 8.25. The van der Waals surface area contributed by atoms with Gasteiger partial charge in [-0.3, -0.25) is 0 Å². The zero-order valence-electron chi connectivity index (χ0n) is 12.8. The molecule has 5 rings (SSSR count). The molecule has 0 radical (unpaired) electrons. The molecule has 1 aliphatic heterocycles. The molecule has 0 spiro atoms. The van der Waals surface area contributed by atoms with Crippen LogP contribution < -0.4 is 5.32 Å². The Bertz CT molecular complexity index is 1050. The van der Waals surface area contributed by atoms with Gasteiger partial charge in [0.25, 0.3) is 0 Å². The van der Waals surface area contributed by atoms with E-state index in [-0.39, 0.29) is 0 Å². The highest BCUT2D eigenvalue weighted by Crippen LogP contribution is 2.30. The van der Waals surface area contributed by atoms with Gasteiger partial charge in [-0.15, -0.1) is 0 Å². The summed E-state index contributed by atoms with van der Waals surface area (Å²) in [4.78, 5) is 11.1. The molecule has 0 atom stereocenters.